The second kappa shape index (κ2) is 8.14. The summed E-state index contributed by atoms with van der Waals surface area (Å²) in [4.78, 5) is 39.8. The Morgan fingerprint density at radius 3 is 2.62 bits per heavy atom. The Labute approximate surface area is 166 Å². The first-order chi connectivity index (χ1) is 13.7. The molecule has 10 heteroatoms. The van der Waals surface area contributed by atoms with Crippen molar-refractivity contribution in [2.45, 2.75) is 38.9 Å². The van der Waals surface area contributed by atoms with E-state index in [2.05, 4.69) is 5.10 Å². The maximum Gasteiger partial charge on any atom is 0.346 e. The van der Waals surface area contributed by atoms with E-state index in [1.54, 1.807) is 25.9 Å². The summed E-state index contributed by atoms with van der Waals surface area (Å²) in [7, 11) is 3.18. The molecule has 0 fully saturated rings. The molecular formula is C19H23F2N5O3. The number of amides is 2. The van der Waals surface area contributed by atoms with Crippen LogP contribution in [0.25, 0.3) is 0 Å². The van der Waals surface area contributed by atoms with Gasteiger partial charge in [0.2, 0.25) is 11.8 Å². The highest BCUT2D eigenvalue weighted by Crippen LogP contribution is 2.24. The van der Waals surface area contributed by atoms with E-state index in [4.69, 9.17) is 0 Å². The average molecular weight is 407 g/mol. The average Bonchev–Trinajstić information content (AvgIpc) is 2.96. The highest BCUT2D eigenvalue weighted by Gasteiger charge is 2.27. The maximum atomic E-state index is 14.0. The zero-order valence-electron chi connectivity index (χ0n) is 16.6. The number of rotatable bonds is 5. The van der Waals surface area contributed by atoms with Crippen molar-refractivity contribution < 1.29 is 18.4 Å². The molecule has 1 aromatic heterocycles. The fourth-order valence-corrected chi connectivity index (χ4v) is 3.29. The summed E-state index contributed by atoms with van der Waals surface area (Å²) in [5.41, 5.74) is -0.107. The van der Waals surface area contributed by atoms with E-state index in [1.165, 1.54) is 21.6 Å². The molecule has 8 nitrogen and oxygen atoms in total. The molecule has 0 spiro atoms. The third-order valence-electron chi connectivity index (χ3n) is 5.04. The van der Waals surface area contributed by atoms with Crippen LogP contribution in [0.15, 0.2) is 23.0 Å². The Balaban J connectivity index is 1.69. The number of aromatic nitrogens is 3. The molecule has 1 aromatic carbocycles. The summed E-state index contributed by atoms with van der Waals surface area (Å²) in [5, 5.41) is 4.19. The van der Waals surface area contributed by atoms with E-state index >= 15 is 0 Å². The van der Waals surface area contributed by atoms with Crippen LogP contribution in [-0.2, 0) is 29.2 Å². The molecular weight excluding hydrogens is 384 g/mol. The van der Waals surface area contributed by atoms with Crippen molar-refractivity contribution in [1.82, 2.24) is 24.1 Å². The fourth-order valence-electron chi connectivity index (χ4n) is 3.29. The van der Waals surface area contributed by atoms with Crippen molar-refractivity contribution in [2.75, 3.05) is 20.6 Å². The van der Waals surface area contributed by atoms with Gasteiger partial charge in [-0.1, -0.05) is 13.0 Å². The predicted molar refractivity (Wildman–Crippen MR) is 100.0 cm³/mol. The van der Waals surface area contributed by atoms with Crippen LogP contribution in [-0.4, -0.2) is 56.6 Å². The quantitative estimate of drug-likeness (QED) is 0.739. The standard InChI is InChI=1S/C19H23F2N5O3/c1-12(14-5-4-13(20)9-15(14)21)8-17(27)24-6-7-25-16(10-24)22-26(19(25)29)11-18(28)23(2)3/h4-5,9,12H,6-8,10-11H2,1-3H3/t12-/m1/s1. The van der Waals surface area contributed by atoms with Crippen LogP contribution in [0.1, 0.15) is 30.7 Å². The third-order valence-corrected chi connectivity index (χ3v) is 5.04. The second-order valence-electron chi connectivity index (χ2n) is 7.38. The Kier molecular flexibility index (Phi) is 5.81. The zero-order valence-corrected chi connectivity index (χ0v) is 16.6. The van der Waals surface area contributed by atoms with E-state index < -0.39 is 17.6 Å². The molecule has 2 amide bonds. The van der Waals surface area contributed by atoms with Crippen molar-refractivity contribution >= 4 is 11.8 Å². The minimum absolute atomic E-state index is 0.0482. The van der Waals surface area contributed by atoms with Gasteiger partial charge in [0, 0.05) is 39.7 Å². The van der Waals surface area contributed by atoms with E-state index in [0.29, 0.717) is 12.4 Å². The zero-order chi connectivity index (χ0) is 21.3. The number of nitrogens with zero attached hydrogens (tertiary/aromatic N) is 5. The molecule has 1 aliphatic heterocycles. The topological polar surface area (TPSA) is 80.4 Å². The van der Waals surface area contributed by atoms with E-state index in [0.717, 1.165) is 10.7 Å². The Morgan fingerprint density at radius 1 is 1.24 bits per heavy atom. The van der Waals surface area contributed by atoms with Crippen LogP contribution in [0.2, 0.25) is 0 Å². The fraction of sp³-hybridized carbons (Fsp3) is 0.474. The van der Waals surface area contributed by atoms with Gasteiger partial charge in [0.15, 0.2) is 5.82 Å². The minimum Gasteiger partial charge on any atom is -0.347 e. The van der Waals surface area contributed by atoms with Gasteiger partial charge in [-0.25, -0.2) is 18.3 Å². The maximum absolute atomic E-state index is 14.0. The lowest BCUT2D eigenvalue weighted by atomic mass is 9.96. The van der Waals surface area contributed by atoms with Crippen molar-refractivity contribution in [3.05, 3.63) is 51.7 Å². The molecule has 0 radical (unpaired) electrons. The van der Waals surface area contributed by atoms with Gasteiger partial charge >= 0.3 is 5.69 Å². The minimum atomic E-state index is -0.679. The third kappa shape index (κ3) is 4.36. The molecule has 2 heterocycles. The van der Waals surface area contributed by atoms with Gasteiger partial charge in [0.1, 0.15) is 18.2 Å². The lowest BCUT2D eigenvalue weighted by molar-refractivity contribution is -0.133. The molecule has 1 aliphatic rings. The van der Waals surface area contributed by atoms with Gasteiger partial charge in [-0.2, -0.15) is 5.10 Å². The van der Waals surface area contributed by atoms with Crippen molar-refractivity contribution in [2.24, 2.45) is 0 Å². The first kappa shape index (κ1) is 20.7. The van der Waals surface area contributed by atoms with Crippen LogP contribution >= 0.6 is 0 Å². The number of carbonyl (C=O) groups is 2. The van der Waals surface area contributed by atoms with E-state index in [-0.39, 0.29) is 49.1 Å². The van der Waals surface area contributed by atoms with Gasteiger partial charge in [0.05, 0.1) is 6.54 Å². The van der Waals surface area contributed by atoms with Crippen molar-refractivity contribution in [3.8, 4) is 0 Å². The summed E-state index contributed by atoms with van der Waals surface area (Å²) < 4.78 is 29.6. The van der Waals surface area contributed by atoms with Gasteiger partial charge in [0.25, 0.3) is 0 Å². The molecule has 0 saturated heterocycles. The smallest absolute Gasteiger partial charge is 0.346 e. The largest absolute Gasteiger partial charge is 0.347 e. The summed E-state index contributed by atoms with van der Waals surface area (Å²) in [6.07, 6.45) is 0.0482. The predicted octanol–water partition coefficient (Wildman–Crippen LogP) is 0.947. The molecule has 3 rings (SSSR count). The molecule has 0 aliphatic carbocycles. The number of halogens is 2. The van der Waals surface area contributed by atoms with Gasteiger partial charge in [-0.05, 0) is 17.5 Å². The molecule has 2 aromatic rings. The van der Waals surface area contributed by atoms with Crippen molar-refractivity contribution in [3.63, 3.8) is 0 Å². The van der Waals surface area contributed by atoms with Crippen LogP contribution in [0, 0.1) is 11.6 Å². The number of carbonyl (C=O) groups excluding carboxylic acids is 2. The monoisotopic (exact) mass is 407 g/mol. The summed E-state index contributed by atoms with van der Waals surface area (Å²) in [5.74, 6) is -1.84. The highest BCUT2D eigenvalue weighted by atomic mass is 19.1. The normalized spacial score (nSPS) is 14.4. The lowest BCUT2D eigenvalue weighted by Gasteiger charge is -2.27. The Morgan fingerprint density at radius 2 is 1.97 bits per heavy atom. The summed E-state index contributed by atoms with van der Waals surface area (Å²) in [6, 6.07) is 3.32. The number of fused-ring (bicyclic) bond motifs is 1. The first-order valence-corrected chi connectivity index (χ1v) is 9.26. The lowest BCUT2D eigenvalue weighted by Crippen LogP contribution is -2.41. The molecule has 0 bridgehead atoms. The van der Waals surface area contributed by atoms with Crippen LogP contribution in [0.4, 0.5) is 8.78 Å². The number of likely N-dealkylation sites (N-methyl/N-ethyl adjacent to an activating group) is 1. The first-order valence-electron chi connectivity index (χ1n) is 9.26. The molecule has 0 N–H and O–H groups in total. The second-order valence-corrected chi connectivity index (χ2v) is 7.38. The van der Waals surface area contributed by atoms with Gasteiger partial charge < -0.3 is 9.80 Å². The van der Waals surface area contributed by atoms with Crippen LogP contribution < -0.4 is 5.69 Å². The number of benzene rings is 1. The Hall–Kier alpha value is -3.04. The number of hydrogen-bond donors (Lipinski definition) is 0. The highest BCUT2D eigenvalue weighted by molar-refractivity contribution is 5.77. The van der Waals surface area contributed by atoms with Gasteiger partial charge in [-0.15, -0.1) is 0 Å². The summed E-state index contributed by atoms with van der Waals surface area (Å²) in [6.45, 7) is 2.26. The van der Waals surface area contributed by atoms with Crippen LogP contribution in [0.5, 0.6) is 0 Å². The SMILES string of the molecule is C[C@H](CC(=O)N1CCn2c(nn(CC(=O)N(C)C)c2=O)C1)c1ccc(F)cc1F. The molecule has 0 unspecified atom stereocenters. The van der Waals surface area contributed by atoms with Crippen molar-refractivity contribution in [1.29, 1.82) is 0 Å². The summed E-state index contributed by atoms with van der Waals surface area (Å²) >= 11 is 0. The molecule has 1 atom stereocenters. The van der Waals surface area contributed by atoms with E-state index in [9.17, 15) is 23.2 Å². The number of hydrogen-bond acceptors (Lipinski definition) is 4. The van der Waals surface area contributed by atoms with E-state index in [1.807, 2.05) is 0 Å². The Bertz CT molecular complexity index is 998. The van der Waals surface area contributed by atoms with Crippen LogP contribution in [0.3, 0.4) is 0 Å². The molecule has 29 heavy (non-hydrogen) atoms. The molecule has 156 valence electrons. The van der Waals surface area contributed by atoms with Gasteiger partial charge in [-0.3, -0.25) is 14.2 Å². The molecule has 0 saturated carbocycles.